The molecule has 98 valence electrons. The summed E-state index contributed by atoms with van der Waals surface area (Å²) in [4.78, 5) is 24.4. The minimum atomic E-state index is -0.851. The lowest BCUT2D eigenvalue weighted by molar-refractivity contribution is -0.148. The van der Waals surface area contributed by atoms with Gasteiger partial charge in [0.1, 0.15) is 0 Å². The Kier molecular flexibility index (Phi) is 4.54. The van der Waals surface area contributed by atoms with Crippen molar-refractivity contribution < 1.29 is 14.7 Å². The zero-order valence-corrected chi connectivity index (χ0v) is 11.0. The van der Waals surface area contributed by atoms with Crippen LogP contribution in [0.1, 0.15) is 46.0 Å². The van der Waals surface area contributed by atoms with Crippen LogP contribution in [0.15, 0.2) is 0 Å². The number of carboxylic acid groups (broad SMARTS) is 1. The number of aliphatic carboxylic acids is 1. The van der Waals surface area contributed by atoms with Crippen LogP contribution in [0.3, 0.4) is 0 Å². The van der Waals surface area contributed by atoms with E-state index in [1.165, 1.54) is 0 Å². The molecule has 1 fully saturated rings. The minimum Gasteiger partial charge on any atom is -0.481 e. The molecule has 0 atom stereocenters. The second kappa shape index (κ2) is 5.52. The van der Waals surface area contributed by atoms with Crippen LogP contribution < -0.4 is 0 Å². The van der Waals surface area contributed by atoms with Crippen LogP contribution in [0.5, 0.6) is 0 Å². The van der Waals surface area contributed by atoms with Crippen molar-refractivity contribution in [3.05, 3.63) is 0 Å². The van der Waals surface area contributed by atoms with Gasteiger partial charge >= 0.3 is 5.97 Å². The Balaban J connectivity index is 2.56. The van der Waals surface area contributed by atoms with E-state index in [0.29, 0.717) is 12.5 Å². The Bertz CT molecular complexity index is 295. The van der Waals surface area contributed by atoms with Crippen LogP contribution in [0.2, 0.25) is 0 Å². The first-order valence-electron chi connectivity index (χ1n) is 6.35. The van der Waals surface area contributed by atoms with E-state index in [0.717, 1.165) is 25.7 Å². The molecule has 0 aliphatic heterocycles. The molecular weight excluding hydrogens is 218 g/mol. The van der Waals surface area contributed by atoms with Crippen LogP contribution in [-0.4, -0.2) is 35.5 Å². The molecule has 1 aliphatic rings. The number of amides is 1. The summed E-state index contributed by atoms with van der Waals surface area (Å²) in [5.74, 6) is -0.206. The SMILES string of the molecule is CC(C)CC1(C(=O)N(C)CCC(=O)O)CCC1. The largest absolute Gasteiger partial charge is 0.481 e. The molecule has 0 saturated heterocycles. The van der Waals surface area contributed by atoms with Crippen molar-refractivity contribution in [2.75, 3.05) is 13.6 Å². The number of rotatable bonds is 6. The molecule has 4 nitrogen and oxygen atoms in total. The van der Waals surface area contributed by atoms with Crippen molar-refractivity contribution in [3.63, 3.8) is 0 Å². The van der Waals surface area contributed by atoms with Gasteiger partial charge in [-0.15, -0.1) is 0 Å². The molecule has 0 aromatic carbocycles. The molecule has 0 radical (unpaired) electrons. The first-order valence-corrected chi connectivity index (χ1v) is 6.35. The van der Waals surface area contributed by atoms with Gasteiger partial charge in [-0.25, -0.2) is 0 Å². The van der Waals surface area contributed by atoms with Gasteiger partial charge in [0.05, 0.1) is 6.42 Å². The van der Waals surface area contributed by atoms with Crippen LogP contribution in [-0.2, 0) is 9.59 Å². The fourth-order valence-corrected chi connectivity index (χ4v) is 2.66. The lowest BCUT2D eigenvalue weighted by atomic mass is 9.63. The Hall–Kier alpha value is -1.06. The topological polar surface area (TPSA) is 57.6 Å². The first kappa shape index (κ1) is 14.0. The van der Waals surface area contributed by atoms with E-state index >= 15 is 0 Å². The predicted octanol–water partition coefficient (Wildman–Crippen LogP) is 2.14. The first-order chi connectivity index (χ1) is 7.87. The minimum absolute atomic E-state index is 0.0278. The molecule has 0 bridgehead atoms. The van der Waals surface area contributed by atoms with Gasteiger partial charge in [0.25, 0.3) is 0 Å². The zero-order chi connectivity index (χ0) is 13.1. The molecule has 0 aromatic rings. The quantitative estimate of drug-likeness (QED) is 0.775. The summed E-state index contributed by atoms with van der Waals surface area (Å²) in [6, 6.07) is 0. The maximum atomic E-state index is 12.3. The summed E-state index contributed by atoms with van der Waals surface area (Å²) in [7, 11) is 1.71. The zero-order valence-electron chi connectivity index (χ0n) is 11.0. The van der Waals surface area contributed by atoms with Gasteiger partial charge in [-0.1, -0.05) is 20.3 Å². The van der Waals surface area contributed by atoms with Crippen molar-refractivity contribution in [2.45, 2.75) is 46.0 Å². The van der Waals surface area contributed by atoms with Gasteiger partial charge in [0.15, 0.2) is 0 Å². The average Bonchev–Trinajstić information content (AvgIpc) is 2.18. The molecule has 4 heteroatoms. The van der Waals surface area contributed by atoms with Crippen molar-refractivity contribution in [1.29, 1.82) is 0 Å². The van der Waals surface area contributed by atoms with E-state index in [-0.39, 0.29) is 17.7 Å². The molecule has 1 N–H and O–H groups in total. The second-order valence-electron chi connectivity index (χ2n) is 5.60. The number of hydrogen-bond acceptors (Lipinski definition) is 2. The Morgan fingerprint density at radius 1 is 1.35 bits per heavy atom. The Morgan fingerprint density at radius 2 is 1.94 bits per heavy atom. The number of carboxylic acids is 1. The monoisotopic (exact) mass is 241 g/mol. The lowest BCUT2D eigenvalue weighted by Crippen LogP contribution is -2.47. The second-order valence-corrected chi connectivity index (χ2v) is 5.60. The lowest BCUT2D eigenvalue weighted by Gasteiger charge is -2.43. The van der Waals surface area contributed by atoms with Crippen molar-refractivity contribution in [3.8, 4) is 0 Å². The summed E-state index contributed by atoms with van der Waals surface area (Å²) in [5.41, 5.74) is -0.193. The van der Waals surface area contributed by atoms with E-state index in [1.807, 2.05) is 0 Å². The van der Waals surface area contributed by atoms with E-state index in [9.17, 15) is 9.59 Å². The van der Waals surface area contributed by atoms with Gasteiger partial charge in [-0.05, 0) is 25.2 Å². The fraction of sp³-hybridized carbons (Fsp3) is 0.846. The Labute approximate surface area is 103 Å². The molecule has 17 heavy (non-hydrogen) atoms. The maximum Gasteiger partial charge on any atom is 0.305 e. The smallest absolute Gasteiger partial charge is 0.305 e. The third-order valence-corrected chi connectivity index (χ3v) is 3.57. The van der Waals surface area contributed by atoms with Gasteiger partial charge in [-0.3, -0.25) is 9.59 Å². The summed E-state index contributed by atoms with van der Waals surface area (Å²) in [6.45, 7) is 4.57. The highest BCUT2D eigenvalue weighted by atomic mass is 16.4. The number of hydrogen-bond donors (Lipinski definition) is 1. The third-order valence-electron chi connectivity index (χ3n) is 3.57. The molecule has 0 aromatic heterocycles. The number of carbonyl (C=O) groups is 2. The molecule has 1 saturated carbocycles. The van der Waals surface area contributed by atoms with Gasteiger partial charge < -0.3 is 10.0 Å². The van der Waals surface area contributed by atoms with Crippen LogP contribution in [0, 0.1) is 11.3 Å². The highest BCUT2D eigenvalue weighted by molar-refractivity contribution is 5.83. The summed E-state index contributed by atoms with van der Waals surface area (Å²) in [5, 5.41) is 8.63. The highest BCUT2D eigenvalue weighted by Gasteiger charge is 2.45. The molecule has 0 unspecified atom stereocenters. The normalized spacial score (nSPS) is 17.6. The molecule has 1 amide bonds. The van der Waals surface area contributed by atoms with E-state index in [4.69, 9.17) is 5.11 Å². The van der Waals surface area contributed by atoms with E-state index in [2.05, 4.69) is 13.8 Å². The number of nitrogens with zero attached hydrogens (tertiary/aromatic N) is 1. The highest BCUT2D eigenvalue weighted by Crippen LogP contribution is 2.47. The van der Waals surface area contributed by atoms with Crippen LogP contribution >= 0.6 is 0 Å². The number of carbonyl (C=O) groups excluding carboxylic acids is 1. The summed E-state index contributed by atoms with van der Waals surface area (Å²) < 4.78 is 0. The molecule has 1 aliphatic carbocycles. The predicted molar refractivity (Wildman–Crippen MR) is 65.6 cm³/mol. The average molecular weight is 241 g/mol. The molecule has 1 rings (SSSR count). The standard InChI is InChI=1S/C13H23NO3/c1-10(2)9-13(6-4-7-13)12(17)14(3)8-5-11(15)16/h10H,4-9H2,1-3H3,(H,15,16). The van der Waals surface area contributed by atoms with Crippen molar-refractivity contribution >= 4 is 11.9 Å². The molecule has 0 spiro atoms. The van der Waals surface area contributed by atoms with Crippen molar-refractivity contribution in [2.24, 2.45) is 11.3 Å². The van der Waals surface area contributed by atoms with Gasteiger partial charge in [0, 0.05) is 19.0 Å². The summed E-state index contributed by atoms with van der Waals surface area (Å²) in [6.07, 6.45) is 3.98. The van der Waals surface area contributed by atoms with Crippen LogP contribution in [0.4, 0.5) is 0 Å². The maximum absolute atomic E-state index is 12.3. The van der Waals surface area contributed by atoms with E-state index in [1.54, 1.807) is 11.9 Å². The summed E-state index contributed by atoms with van der Waals surface area (Å²) >= 11 is 0. The van der Waals surface area contributed by atoms with Gasteiger partial charge in [-0.2, -0.15) is 0 Å². The van der Waals surface area contributed by atoms with E-state index < -0.39 is 5.97 Å². The van der Waals surface area contributed by atoms with Crippen LogP contribution in [0.25, 0.3) is 0 Å². The van der Waals surface area contributed by atoms with Gasteiger partial charge in [0.2, 0.25) is 5.91 Å². The molecule has 0 heterocycles. The third kappa shape index (κ3) is 3.45. The fourth-order valence-electron chi connectivity index (χ4n) is 2.66. The Morgan fingerprint density at radius 3 is 2.29 bits per heavy atom. The van der Waals surface area contributed by atoms with Crippen molar-refractivity contribution in [1.82, 2.24) is 4.90 Å². The molecular formula is C13H23NO3.